The van der Waals surface area contributed by atoms with Gasteiger partial charge in [-0.3, -0.25) is 4.98 Å². The summed E-state index contributed by atoms with van der Waals surface area (Å²) in [6.07, 6.45) is -1.90. The third-order valence-electron chi connectivity index (χ3n) is 2.13. The molecule has 1 rings (SSSR count). The zero-order valence-corrected chi connectivity index (χ0v) is 8.60. The normalized spacial score (nSPS) is 13.9. The van der Waals surface area contributed by atoms with Gasteiger partial charge < -0.3 is 5.32 Å². The average molecular weight is 218 g/mol. The summed E-state index contributed by atoms with van der Waals surface area (Å²) in [6, 6.07) is 0.656. The van der Waals surface area contributed by atoms with Crippen LogP contribution in [0.3, 0.4) is 0 Å². The molecule has 0 bridgehead atoms. The van der Waals surface area contributed by atoms with Gasteiger partial charge in [0.25, 0.3) is 0 Å². The molecule has 1 heterocycles. The molecule has 0 saturated heterocycles. The number of hydrogen-bond acceptors (Lipinski definition) is 2. The van der Waals surface area contributed by atoms with Crippen LogP contribution >= 0.6 is 0 Å². The molecule has 0 aliphatic rings. The van der Waals surface area contributed by atoms with E-state index in [1.807, 2.05) is 6.92 Å². The van der Waals surface area contributed by atoms with Gasteiger partial charge >= 0.3 is 6.18 Å². The number of pyridine rings is 1. The minimum Gasteiger partial charge on any atom is -0.310 e. The Bertz CT molecular complexity index is 323. The number of nitrogens with zero attached hydrogens (tertiary/aromatic N) is 1. The summed E-state index contributed by atoms with van der Waals surface area (Å²) in [5.74, 6) is 0. The average Bonchev–Trinajstić information content (AvgIpc) is 2.17. The smallest absolute Gasteiger partial charge is 0.310 e. The summed E-state index contributed by atoms with van der Waals surface area (Å²) in [5.41, 5.74) is -0.433. The molecule has 1 aromatic heterocycles. The van der Waals surface area contributed by atoms with Crippen LogP contribution in [0.15, 0.2) is 18.5 Å². The van der Waals surface area contributed by atoms with Crippen molar-refractivity contribution < 1.29 is 13.2 Å². The molecular formula is C10H13F3N2. The Hall–Kier alpha value is -1.10. The van der Waals surface area contributed by atoms with Crippen LogP contribution in [-0.4, -0.2) is 11.5 Å². The minimum atomic E-state index is -4.32. The highest BCUT2D eigenvalue weighted by Crippen LogP contribution is 2.33. The van der Waals surface area contributed by atoms with Crippen molar-refractivity contribution in [1.29, 1.82) is 0 Å². The van der Waals surface area contributed by atoms with Crippen molar-refractivity contribution in [2.75, 3.05) is 6.54 Å². The molecule has 1 atom stereocenters. The molecule has 0 radical (unpaired) electrons. The van der Waals surface area contributed by atoms with Crippen molar-refractivity contribution in [3.63, 3.8) is 0 Å². The molecule has 0 aliphatic heterocycles. The number of rotatable bonds is 3. The highest BCUT2D eigenvalue weighted by atomic mass is 19.4. The van der Waals surface area contributed by atoms with Crippen LogP contribution in [0.5, 0.6) is 0 Å². The molecule has 2 nitrogen and oxygen atoms in total. The fourth-order valence-electron chi connectivity index (χ4n) is 1.43. The lowest BCUT2D eigenvalue weighted by Crippen LogP contribution is -2.21. The Kier molecular flexibility index (Phi) is 3.68. The fourth-order valence-corrected chi connectivity index (χ4v) is 1.43. The molecule has 84 valence electrons. The van der Waals surface area contributed by atoms with Crippen LogP contribution in [0.25, 0.3) is 0 Å². The Balaban J connectivity index is 3.06. The summed E-state index contributed by atoms with van der Waals surface area (Å²) in [7, 11) is 0. The number of alkyl halides is 3. The van der Waals surface area contributed by atoms with Gasteiger partial charge in [-0.15, -0.1) is 0 Å². The molecule has 0 saturated carbocycles. The summed E-state index contributed by atoms with van der Waals surface area (Å²) in [6.45, 7) is 4.16. The standard InChI is InChI=1S/C10H13F3N2/c1-3-15-7(2)8-6-14-5-4-9(8)10(11,12)13/h4-7,15H,3H2,1-2H3. The maximum atomic E-state index is 12.6. The first-order valence-electron chi connectivity index (χ1n) is 4.71. The van der Waals surface area contributed by atoms with Crippen molar-refractivity contribution in [3.05, 3.63) is 29.6 Å². The van der Waals surface area contributed by atoms with E-state index in [1.54, 1.807) is 6.92 Å². The van der Waals surface area contributed by atoms with E-state index in [1.165, 1.54) is 6.20 Å². The van der Waals surface area contributed by atoms with Crippen molar-refractivity contribution in [1.82, 2.24) is 10.3 Å². The number of aromatic nitrogens is 1. The van der Waals surface area contributed by atoms with E-state index >= 15 is 0 Å². The maximum Gasteiger partial charge on any atom is 0.416 e. The number of halogens is 3. The number of hydrogen-bond donors (Lipinski definition) is 1. The summed E-state index contributed by atoms with van der Waals surface area (Å²) < 4.78 is 37.8. The van der Waals surface area contributed by atoms with Gasteiger partial charge in [0.1, 0.15) is 0 Å². The van der Waals surface area contributed by atoms with Crippen molar-refractivity contribution >= 4 is 0 Å². The monoisotopic (exact) mass is 218 g/mol. The van der Waals surface area contributed by atoms with Gasteiger partial charge in [-0.25, -0.2) is 0 Å². The van der Waals surface area contributed by atoms with Crippen LogP contribution in [0, 0.1) is 0 Å². The third kappa shape index (κ3) is 2.92. The van der Waals surface area contributed by atoms with Crippen LogP contribution in [0.2, 0.25) is 0 Å². The van der Waals surface area contributed by atoms with Gasteiger partial charge in [-0.2, -0.15) is 13.2 Å². The molecule has 1 aromatic rings. The first-order chi connectivity index (χ1) is 6.96. The topological polar surface area (TPSA) is 24.9 Å². The predicted octanol–water partition coefficient (Wildman–Crippen LogP) is 2.77. The van der Waals surface area contributed by atoms with Gasteiger partial charge in [0.05, 0.1) is 5.56 Å². The van der Waals surface area contributed by atoms with Crippen LogP contribution in [0.4, 0.5) is 13.2 Å². The molecular weight excluding hydrogens is 205 g/mol. The lowest BCUT2D eigenvalue weighted by Gasteiger charge is -2.17. The van der Waals surface area contributed by atoms with Gasteiger partial charge in [0.2, 0.25) is 0 Å². The minimum absolute atomic E-state index is 0.187. The summed E-state index contributed by atoms with van der Waals surface area (Å²) in [4.78, 5) is 3.72. The fraction of sp³-hybridized carbons (Fsp3) is 0.500. The van der Waals surface area contributed by atoms with Gasteiger partial charge in [0.15, 0.2) is 0 Å². The highest BCUT2D eigenvalue weighted by molar-refractivity contribution is 5.28. The summed E-state index contributed by atoms with van der Waals surface area (Å²) >= 11 is 0. The SMILES string of the molecule is CCNC(C)c1cnccc1C(F)(F)F. The third-order valence-corrected chi connectivity index (χ3v) is 2.13. The molecule has 0 spiro atoms. The molecule has 1 unspecified atom stereocenters. The highest BCUT2D eigenvalue weighted by Gasteiger charge is 2.34. The largest absolute Gasteiger partial charge is 0.416 e. The molecule has 5 heteroatoms. The van der Waals surface area contributed by atoms with Crippen molar-refractivity contribution in [2.45, 2.75) is 26.1 Å². The van der Waals surface area contributed by atoms with Gasteiger partial charge in [-0.1, -0.05) is 6.92 Å². The van der Waals surface area contributed by atoms with E-state index in [9.17, 15) is 13.2 Å². The zero-order valence-electron chi connectivity index (χ0n) is 8.60. The molecule has 0 aromatic carbocycles. The number of nitrogens with one attached hydrogen (secondary N) is 1. The van der Waals surface area contributed by atoms with E-state index in [4.69, 9.17) is 0 Å². The van der Waals surface area contributed by atoms with Gasteiger partial charge in [-0.05, 0) is 25.1 Å². The quantitative estimate of drug-likeness (QED) is 0.843. The van der Waals surface area contributed by atoms with E-state index in [-0.39, 0.29) is 11.6 Å². The Morgan fingerprint density at radius 3 is 2.67 bits per heavy atom. The first kappa shape index (κ1) is 12.0. The molecule has 0 aliphatic carbocycles. The van der Waals surface area contributed by atoms with Crippen molar-refractivity contribution in [3.8, 4) is 0 Å². The van der Waals surface area contributed by atoms with Crippen LogP contribution < -0.4 is 5.32 Å². The van der Waals surface area contributed by atoms with Gasteiger partial charge in [0, 0.05) is 18.4 Å². The Morgan fingerprint density at radius 2 is 2.13 bits per heavy atom. The predicted molar refractivity (Wildman–Crippen MR) is 51.3 cm³/mol. The van der Waals surface area contributed by atoms with E-state index in [0.29, 0.717) is 6.54 Å². The molecule has 0 amide bonds. The lowest BCUT2D eigenvalue weighted by atomic mass is 10.0. The lowest BCUT2D eigenvalue weighted by molar-refractivity contribution is -0.138. The van der Waals surface area contributed by atoms with E-state index in [2.05, 4.69) is 10.3 Å². The summed E-state index contributed by atoms with van der Waals surface area (Å²) in [5, 5.41) is 2.93. The van der Waals surface area contributed by atoms with Crippen LogP contribution in [-0.2, 0) is 6.18 Å². The molecule has 0 fully saturated rings. The molecule has 15 heavy (non-hydrogen) atoms. The maximum absolute atomic E-state index is 12.6. The Labute approximate surface area is 86.5 Å². The van der Waals surface area contributed by atoms with Crippen molar-refractivity contribution in [2.24, 2.45) is 0 Å². The molecule has 1 N–H and O–H groups in total. The van der Waals surface area contributed by atoms with E-state index < -0.39 is 11.7 Å². The first-order valence-corrected chi connectivity index (χ1v) is 4.71. The second kappa shape index (κ2) is 4.61. The Morgan fingerprint density at radius 1 is 1.47 bits per heavy atom. The second-order valence-corrected chi connectivity index (χ2v) is 3.24. The zero-order chi connectivity index (χ0) is 11.5. The second-order valence-electron chi connectivity index (χ2n) is 3.24. The van der Waals surface area contributed by atoms with Crippen LogP contribution in [0.1, 0.15) is 31.0 Å². The van der Waals surface area contributed by atoms with E-state index in [0.717, 1.165) is 12.3 Å².